The Morgan fingerprint density at radius 1 is 1.20 bits per heavy atom. The van der Waals surface area contributed by atoms with Crippen molar-refractivity contribution in [2.24, 2.45) is 0 Å². The normalized spacial score (nSPS) is 12.6. The number of fused-ring (bicyclic) bond motifs is 1. The zero-order valence-electron chi connectivity index (χ0n) is 14.6. The maximum Gasteiger partial charge on any atom is 0.274 e. The van der Waals surface area contributed by atoms with Crippen molar-refractivity contribution in [2.75, 3.05) is 37.0 Å². The second-order valence-corrected chi connectivity index (χ2v) is 5.99. The molecule has 0 bridgehead atoms. The summed E-state index contributed by atoms with van der Waals surface area (Å²) in [7, 11) is 2.02. The first-order valence-electron chi connectivity index (χ1n) is 8.55. The molecule has 0 unspecified atom stereocenters. The monoisotopic (exact) mass is 341 g/mol. The lowest BCUT2D eigenvalue weighted by Gasteiger charge is -2.20. The van der Waals surface area contributed by atoms with E-state index in [9.17, 15) is 4.79 Å². The molecule has 2 aromatic rings. The van der Waals surface area contributed by atoms with Crippen LogP contribution in [0.3, 0.4) is 0 Å². The lowest BCUT2D eigenvalue weighted by Crippen LogP contribution is -2.20. The van der Waals surface area contributed by atoms with Crippen molar-refractivity contribution in [3.05, 3.63) is 42.2 Å². The van der Waals surface area contributed by atoms with E-state index in [1.807, 2.05) is 19.2 Å². The lowest BCUT2D eigenvalue weighted by molar-refractivity contribution is 0.102. The maximum absolute atomic E-state index is 12.5. The minimum Gasteiger partial charge on any atom is -0.486 e. The third-order valence-corrected chi connectivity index (χ3v) is 4.06. The number of benzene rings is 1. The first-order chi connectivity index (χ1) is 12.2. The Morgan fingerprint density at radius 3 is 2.80 bits per heavy atom. The van der Waals surface area contributed by atoms with Crippen LogP contribution < -0.4 is 19.7 Å². The molecule has 0 saturated carbocycles. The fourth-order valence-corrected chi connectivity index (χ4v) is 2.62. The van der Waals surface area contributed by atoms with Gasteiger partial charge in [-0.1, -0.05) is 13.3 Å². The van der Waals surface area contributed by atoms with Crippen LogP contribution in [0.5, 0.6) is 11.5 Å². The molecule has 6 heteroatoms. The second kappa shape index (κ2) is 7.88. The summed E-state index contributed by atoms with van der Waals surface area (Å²) in [5.74, 6) is 1.09. The van der Waals surface area contributed by atoms with E-state index >= 15 is 0 Å². The summed E-state index contributed by atoms with van der Waals surface area (Å²) in [6, 6.07) is 9.08. The van der Waals surface area contributed by atoms with Crippen LogP contribution in [0.4, 0.5) is 11.4 Å². The minimum absolute atomic E-state index is 0.248. The highest BCUT2D eigenvalue weighted by atomic mass is 16.6. The van der Waals surface area contributed by atoms with Crippen LogP contribution in [0.15, 0.2) is 36.5 Å². The average Bonchev–Trinajstić information content (AvgIpc) is 2.66. The van der Waals surface area contributed by atoms with Gasteiger partial charge >= 0.3 is 0 Å². The van der Waals surface area contributed by atoms with Gasteiger partial charge in [-0.15, -0.1) is 0 Å². The van der Waals surface area contributed by atoms with Crippen LogP contribution in [0.2, 0.25) is 0 Å². The van der Waals surface area contributed by atoms with Gasteiger partial charge in [0, 0.05) is 37.2 Å². The van der Waals surface area contributed by atoms with Crippen molar-refractivity contribution in [2.45, 2.75) is 19.8 Å². The second-order valence-electron chi connectivity index (χ2n) is 5.99. The van der Waals surface area contributed by atoms with E-state index in [0.717, 1.165) is 25.1 Å². The largest absolute Gasteiger partial charge is 0.486 e. The van der Waals surface area contributed by atoms with Gasteiger partial charge in [0.15, 0.2) is 11.5 Å². The third kappa shape index (κ3) is 4.21. The van der Waals surface area contributed by atoms with Crippen molar-refractivity contribution in [1.29, 1.82) is 0 Å². The fraction of sp³-hybridized carbons (Fsp3) is 0.368. The van der Waals surface area contributed by atoms with Gasteiger partial charge < -0.3 is 19.7 Å². The number of carbonyl (C=O) groups is 1. The van der Waals surface area contributed by atoms with Gasteiger partial charge in [-0.3, -0.25) is 9.78 Å². The van der Waals surface area contributed by atoms with Crippen LogP contribution in [0, 0.1) is 0 Å². The number of hydrogen-bond acceptors (Lipinski definition) is 5. The molecule has 3 rings (SSSR count). The van der Waals surface area contributed by atoms with Crippen LogP contribution in [-0.4, -0.2) is 37.7 Å². The number of nitrogens with zero attached hydrogens (tertiary/aromatic N) is 2. The van der Waals surface area contributed by atoms with E-state index in [0.29, 0.717) is 36.1 Å². The SMILES string of the molecule is CCCCN(C)c1ccnc(C(=O)Nc2ccc3c(c2)OCCO3)c1. The number of ether oxygens (including phenoxy) is 2. The summed E-state index contributed by atoms with van der Waals surface area (Å²) in [6.45, 7) is 4.16. The van der Waals surface area contributed by atoms with Crippen molar-refractivity contribution >= 4 is 17.3 Å². The summed E-state index contributed by atoms with van der Waals surface area (Å²) in [4.78, 5) is 18.8. The number of anilines is 2. The van der Waals surface area contributed by atoms with Gasteiger partial charge in [-0.05, 0) is 30.7 Å². The van der Waals surface area contributed by atoms with Crippen LogP contribution in [-0.2, 0) is 0 Å². The van der Waals surface area contributed by atoms with Crippen molar-refractivity contribution in [1.82, 2.24) is 4.98 Å². The van der Waals surface area contributed by atoms with Gasteiger partial charge in [0.05, 0.1) is 0 Å². The molecule has 1 aliphatic rings. The molecule has 2 heterocycles. The van der Waals surface area contributed by atoms with Gasteiger partial charge in [0.25, 0.3) is 5.91 Å². The topological polar surface area (TPSA) is 63.7 Å². The number of carbonyl (C=O) groups excluding carboxylic acids is 1. The Kier molecular flexibility index (Phi) is 5.38. The van der Waals surface area contributed by atoms with E-state index in [2.05, 4.69) is 22.1 Å². The molecule has 0 fully saturated rings. The van der Waals surface area contributed by atoms with Crippen molar-refractivity contribution in [3.8, 4) is 11.5 Å². The van der Waals surface area contributed by atoms with Crippen LogP contribution in [0.25, 0.3) is 0 Å². The summed E-state index contributed by atoms with van der Waals surface area (Å²) >= 11 is 0. The number of rotatable bonds is 6. The Hall–Kier alpha value is -2.76. The van der Waals surface area contributed by atoms with E-state index < -0.39 is 0 Å². The Labute approximate surface area is 147 Å². The quantitative estimate of drug-likeness (QED) is 0.873. The molecular weight excluding hydrogens is 318 g/mol. The highest BCUT2D eigenvalue weighted by Gasteiger charge is 2.14. The Morgan fingerprint density at radius 2 is 2.00 bits per heavy atom. The highest BCUT2D eigenvalue weighted by molar-refractivity contribution is 6.03. The first kappa shape index (κ1) is 17.1. The smallest absolute Gasteiger partial charge is 0.274 e. The van der Waals surface area contributed by atoms with Crippen molar-refractivity contribution < 1.29 is 14.3 Å². The zero-order chi connectivity index (χ0) is 17.6. The average molecular weight is 341 g/mol. The van der Waals surface area contributed by atoms with Gasteiger partial charge in [0.1, 0.15) is 18.9 Å². The van der Waals surface area contributed by atoms with Crippen LogP contribution in [0.1, 0.15) is 30.3 Å². The van der Waals surface area contributed by atoms with Crippen LogP contribution >= 0.6 is 0 Å². The molecule has 0 aliphatic carbocycles. The number of amides is 1. The van der Waals surface area contributed by atoms with E-state index in [-0.39, 0.29) is 5.91 Å². The predicted octanol–water partition coefficient (Wildman–Crippen LogP) is 3.34. The highest BCUT2D eigenvalue weighted by Crippen LogP contribution is 2.32. The zero-order valence-corrected chi connectivity index (χ0v) is 14.6. The number of pyridine rings is 1. The lowest BCUT2D eigenvalue weighted by atomic mass is 10.2. The van der Waals surface area contributed by atoms with E-state index in [1.54, 1.807) is 24.4 Å². The molecule has 1 N–H and O–H groups in total. The van der Waals surface area contributed by atoms with Gasteiger partial charge in [0.2, 0.25) is 0 Å². The molecule has 1 amide bonds. The summed E-state index contributed by atoms with van der Waals surface area (Å²) in [5, 5.41) is 2.86. The number of nitrogens with one attached hydrogen (secondary N) is 1. The molecule has 6 nitrogen and oxygen atoms in total. The molecule has 1 aromatic carbocycles. The summed E-state index contributed by atoms with van der Waals surface area (Å²) in [6.07, 6.45) is 3.90. The maximum atomic E-state index is 12.5. The van der Waals surface area contributed by atoms with Crippen molar-refractivity contribution in [3.63, 3.8) is 0 Å². The minimum atomic E-state index is -0.248. The molecular formula is C19H23N3O3. The molecule has 1 aromatic heterocycles. The Balaban J connectivity index is 1.71. The molecule has 1 aliphatic heterocycles. The summed E-state index contributed by atoms with van der Waals surface area (Å²) in [5.41, 5.74) is 2.02. The predicted molar refractivity (Wildman–Crippen MR) is 97.8 cm³/mol. The first-order valence-corrected chi connectivity index (χ1v) is 8.55. The number of hydrogen-bond donors (Lipinski definition) is 1. The molecule has 0 atom stereocenters. The third-order valence-electron chi connectivity index (χ3n) is 4.06. The Bertz CT molecular complexity index is 748. The van der Waals surface area contributed by atoms with E-state index in [4.69, 9.17) is 9.47 Å². The van der Waals surface area contributed by atoms with Gasteiger partial charge in [-0.2, -0.15) is 0 Å². The number of aromatic nitrogens is 1. The fourth-order valence-electron chi connectivity index (χ4n) is 2.62. The molecule has 0 saturated heterocycles. The summed E-state index contributed by atoms with van der Waals surface area (Å²) < 4.78 is 11.0. The van der Waals surface area contributed by atoms with E-state index in [1.165, 1.54) is 0 Å². The molecule has 0 radical (unpaired) electrons. The molecule has 132 valence electrons. The van der Waals surface area contributed by atoms with Gasteiger partial charge in [-0.25, -0.2) is 0 Å². The number of unbranched alkanes of at least 4 members (excludes halogenated alkanes) is 1. The molecule has 0 spiro atoms. The standard InChI is InChI=1S/C19H23N3O3/c1-3-4-9-22(2)15-7-8-20-16(13-15)19(23)21-14-5-6-17-18(12-14)25-11-10-24-17/h5-8,12-13H,3-4,9-11H2,1-2H3,(H,21,23). The molecule has 25 heavy (non-hydrogen) atoms.